The predicted octanol–water partition coefficient (Wildman–Crippen LogP) is 50.4. The van der Waals surface area contributed by atoms with Gasteiger partial charge in [0.25, 0.3) is 0 Å². The maximum atomic E-state index is 5.10. The molecule has 0 amide bonds. The highest BCUT2D eigenvalue weighted by Gasteiger charge is 2.69. The van der Waals surface area contributed by atoms with Crippen molar-refractivity contribution in [2.45, 2.75) is 672 Å². The highest BCUT2D eigenvalue weighted by molar-refractivity contribution is 5.28. The summed E-state index contributed by atoms with van der Waals surface area (Å²) in [5, 5.41) is 0. The van der Waals surface area contributed by atoms with Crippen molar-refractivity contribution >= 4 is 0 Å². The highest BCUT2D eigenvalue weighted by Crippen LogP contribution is 2.77. The molecule has 8 rings (SSSR count). The molecule has 2 aromatic carbocycles. The zero-order valence-electron chi connectivity index (χ0n) is 109. The van der Waals surface area contributed by atoms with Gasteiger partial charge in [-0.05, 0) is 319 Å². The topological polar surface area (TPSA) is 9.23 Å². The van der Waals surface area contributed by atoms with E-state index in [-0.39, 0.29) is 0 Å². The van der Waals surface area contributed by atoms with Crippen LogP contribution >= 0.6 is 0 Å². The van der Waals surface area contributed by atoms with Crippen molar-refractivity contribution in [2.75, 3.05) is 7.11 Å². The van der Waals surface area contributed by atoms with Crippen molar-refractivity contribution in [2.24, 2.45) is 134 Å². The minimum absolute atomic E-state index is 0.356. The molecule has 856 valence electrons. The first-order valence-electron chi connectivity index (χ1n) is 63.1. The van der Waals surface area contributed by atoms with Crippen LogP contribution in [0.1, 0.15) is 670 Å². The van der Waals surface area contributed by atoms with E-state index in [0.717, 1.165) is 71.3 Å². The molecule has 6 unspecified atom stereocenters. The Labute approximate surface area is 919 Å². The summed E-state index contributed by atoms with van der Waals surface area (Å²) >= 11 is 0. The quantitative estimate of drug-likeness (QED) is 0.0474. The van der Waals surface area contributed by atoms with Crippen molar-refractivity contribution in [3.8, 4) is 5.75 Å². The Hall–Kier alpha value is -2.54. The second-order valence-corrected chi connectivity index (χ2v) is 63.6. The predicted molar refractivity (Wildman–Crippen MR) is 667 cm³/mol. The molecule has 2 aromatic rings. The first-order valence-corrected chi connectivity index (χ1v) is 63.1. The third-order valence-corrected chi connectivity index (χ3v) is 36.3. The van der Waals surface area contributed by atoms with Crippen LogP contribution in [-0.4, -0.2) is 7.11 Å². The summed E-state index contributed by atoms with van der Waals surface area (Å²) < 4.78 is 5.10. The van der Waals surface area contributed by atoms with Gasteiger partial charge in [-0.1, -0.05) is 582 Å². The monoisotopic (exact) mass is 2020 g/mol. The Morgan fingerprint density at radius 2 is 0.800 bits per heavy atom. The molecule has 11 atom stereocenters. The first-order chi connectivity index (χ1) is 66.5. The van der Waals surface area contributed by atoms with Gasteiger partial charge in [-0.15, -0.1) is 6.58 Å². The van der Waals surface area contributed by atoms with Crippen LogP contribution in [0.2, 0.25) is 0 Å². The minimum atomic E-state index is 0.356. The van der Waals surface area contributed by atoms with Crippen LogP contribution in [0.4, 0.5) is 0 Å². The van der Waals surface area contributed by atoms with Gasteiger partial charge >= 0.3 is 0 Å². The van der Waals surface area contributed by atoms with E-state index in [1.54, 1.807) is 12.7 Å². The standard InChI is InChI=1S/C19H34.C17H32.C16H34.C15H30.C14H26.C14H28.C14H30.C12H18O.C12H26.C11H16/c1-13-8-9-14-17(5,6)15-12-19(13,14)11-10-18(15,7)16(2,3)4;1-13(12-16(3,4)5)8-10-15-11-9-14(2)17(15,6)7;1-5-6-7-8-9-10-11-12-13-14-15-16(2,3)4;1-5-6-7-8-9-10-11-12-13-14-15(2,3)4;1-12(2,3)11-9-10-7-8-14(11,6)13(10,4)5;1-12(2)8-7-9-13(3)10-11-14(4,5)6;1-5-6-7-8-9-10-11-12-13-14(2,3)4;1-12(2,3)9-10-5-7-11(13-4)8-6-10;1-5-6-7-8-9-10-11-12(2,3)4;1-11(2,3)9-10-7-5-4-6-8-10/h13-15H,8-12H2,1-7H3;9,13,15H,8,10-12H2,1-7H3;5-15H2,1-4H3;5H,1,6-14H2,2-4H3;10-11H,7-9H2,1-6H3;8,13H,7,9-11H2,1-6H3;5-13H2,1-4H3;5-8H,9H2,1-4H3;5-11H2,1-4H3;4-8H,9H2,1-3H3/t13-,14+,15-,18-,19+;;;;;;;;;/m1........./s1. The Morgan fingerprint density at radius 1 is 0.414 bits per heavy atom. The van der Waals surface area contributed by atoms with Crippen LogP contribution < -0.4 is 4.74 Å². The van der Waals surface area contributed by atoms with Crippen LogP contribution in [0.15, 0.2) is 90.6 Å². The largest absolute Gasteiger partial charge is 0.497 e. The van der Waals surface area contributed by atoms with Crippen LogP contribution in [0, 0.1) is 134 Å². The third-order valence-electron chi connectivity index (χ3n) is 36.3. The molecule has 5 fully saturated rings. The van der Waals surface area contributed by atoms with E-state index < -0.39 is 0 Å². The van der Waals surface area contributed by atoms with Gasteiger partial charge in [-0.25, -0.2) is 0 Å². The zero-order chi connectivity index (χ0) is 112. The van der Waals surface area contributed by atoms with Crippen LogP contribution in [-0.2, 0) is 12.8 Å². The average Bonchev–Trinajstić information content (AvgIpc) is 1.52. The number of unbranched alkanes of at least 4 members (excludes halogenated alkanes) is 28. The number of hydrogen-bond donors (Lipinski definition) is 0. The zero-order valence-corrected chi connectivity index (χ0v) is 109. The summed E-state index contributed by atoms with van der Waals surface area (Å²) in [6.07, 6.45) is 83.0. The molecular formula is C144H274O. The van der Waals surface area contributed by atoms with Gasteiger partial charge in [0.1, 0.15) is 5.75 Å². The fourth-order valence-corrected chi connectivity index (χ4v) is 25.9. The van der Waals surface area contributed by atoms with Crippen molar-refractivity contribution in [3.05, 3.63) is 102 Å². The molecule has 5 saturated carbocycles. The van der Waals surface area contributed by atoms with Crippen molar-refractivity contribution < 1.29 is 4.74 Å². The molecule has 0 saturated heterocycles. The number of hydrogen-bond acceptors (Lipinski definition) is 1. The lowest BCUT2D eigenvalue weighted by molar-refractivity contribution is -0.0529. The number of methoxy groups -OCH3 is 1. The smallest absolute Gasteiger partial charge is 0.118 e. The molecule has 6 aliphatic rings. The van der Waals surface area contributed by atoms with Crippen molar-refractivity contribution in [3.63, 3.8) is 0 Å². The molecule has 0 radical (unpaired) electrons. The van der Waals surface area contributed by atoms with E-state index in [2.05, 4.69) is 387 Å². The van der Waals surface area contributed by atoms with Gasteiger partial charge in [0.2, 0.25) is 0 Å². The molecule has 1 heteroatoms. The van der Waals surface area contributed by atoms with Gasteiger partial charge in [0, 0.05) is 0 Å². The maximum Gasteiger partial charge on any atom is 0.118 e. The second-order valence-electron chi connectivity index (χ2n) is 63.6. The number of fused-ring (bicyclic) bond motifs is 3. The maximum absolute atomic E-state index is 5.10. The number of allylic oxidation sites excluding steroid dienone is 5. The van der Waals surface area contributed by atoms with E-state index in [1.807, 2.05) is 18.2 Å². The summed E-state index contributed by atoms with van der Waals surface area (Å²) in [4.78, 5) is 0. The van der Waals surface area contributed by atoms with E-state index >= 15 is 0 Å². The molecular weight excluding hydrogens is 1750 g/mol. The van der Waals surface area contributed by atoms with Crippen molar-refractivity contribution in [1.29, 1.82) is 0 Å². The van der Waals surface area contributed by atoms with E-state index in [9.17, 15) is 0 Å². The van der Waals surface area contributed by atoms with Crippen LogP contribution in [0.3, 0.4) is 0 Å². The molecule has 1 spiro atoms. The molecule has 0 heterocycles. The fraction of sp³-hybridized carbons (Fsp3) is 0.875. The SMILES string of the molecule is C=CCCCCCCCCCC(C)(C)C.CC(C)(C)C1CC2CCC1(C)C2(C)C.CC(C)(C)Cc1ccccc1.CC(C)=CCCC(C)CCC(C)(C)C.CC1=CCC(CCC(C)CC(C)(C)C)C1(C)C.CCCCCCCCC(C)(C)C.CCCCCCCCCCC(C)(C)C.CCCCCCCCCCCCC(C)(C)C.COc1ccc(CC(C)(C)C)cc1.C[C@@H]1CC[C@H]2C(C)(C)[C@H]3C[C@@]12CC[C@@]3(C)C(C)(C)C. The second kappa shape index (κ2) is 70.1. The molecule has 0 N–H and O–H groups in total. The first kappa shape index (κ1) is 144. The van der Waals surface area contributed by atoms with Crippen molar-refractivity contribution in [1.82, 2.24) is 0 Å². The Kier molecular flexibility index (Phi) is 69.9. The lowest BCUT2D eigenvalue weighted by Gasteiger charge is -2.54. The number of ether oxygens (including phenoxy) is 1. The molecule has 4 bridgehead atoms. The highest BCUT2D eigenvalue weighted by atomic mass is 16.5. The number of rotatable bonds is 45. The van der Waals surface area contributed by atoms with E-state index in [1.165, 1.54) is 351 Å². The van der Waals surface area contributed by atoms with Gasteiger partial charge < -0.3 is 4.74 Å². The summed E-state index contributed by atoms with van der Waals surface area (Å²) in [6.45, 7) is 115. The Bertz CT molecular complexity index is 3510. The summed E-state index contributed by atoms with van der Waals surface area (Å²) in [5.74, 6) is 8.40. The summed E-state index contributed by atoms with van der Waals surface area (Å²) in [6, 6.07) is 18.9. The lowest BCUT2D eigenvalue weighted by Crippen LogP contribution is -2.46. The van der Waals surface area contributed by atoms with Gasteiger partial charge in [-0.2, -0.15) is 0 Å². The van der Waals surface area contributed by atoms with Gasteiger partial charge in [-0.3, -0.25) is 0 Å². The van der Waals surface area contributed by atoms with Gasteiger partial charge in [0.15, 0.2) is 0 Å². The number of benzene rings is 2. The third kappa shape index (κ3) is 65.8. The van der Waals surface area contributed by atoms with E-state index in [0.29, 0.717) is 81.2 Å². The average molecular weight is 2020 g/mol. The normalized spacial score (nSPS) is 22.2. The van der Waals surface area contributed by atoms with Crippen LogP contribution in [0.25, 0.3) is 0 Å². The van der Waals surface area contributed by atoms with Gasteiger partial charge in [0.05, 0.1) is 7.11 Å². The van der Waals surface area contributed by atoms with E-state index in [4.69, 9.17) is 4.74 Å². The molecule has 1 nitrogen and oxygen atoms in total. The minimum Gasteiger partial charge on any atom is -0.497 e. The Morgan fingerprint density at radius 3 is 1.11 bits per heavy atom. The lowest BCUT2D eigenvalue weighted by atomic mass is 9.50. The fourth-order valence-electron chi connectivity index (χ4n) is 25.9. The molecule has 6 aliphatic carbocycles. The molecule has 145 heavy (non-hydrogen) atoms. The summed E-state index contributed by atoms with van der Waals surface area (Å²) in [5.41, 5.74) is 14.2. The molecule has 0 aliphatic heterocycles. The van der Waals surface area contributed by atoms with Crippen LogP contribution in [0.5, 0.6) is 5.75 Å². The summed E-state index contributed by atoms with van der Waals surface area (Å²) in [7, 11) is 1.69. The molecule has 0 aromatic heterocycles. The Balaban J connectivity index is 0.